The molecule has 1 aromatic carbocycles. The summed E-state index contributed by atoms with van der Waals surface area (Å²) in [5.41, 5.74) is 11.6. The van der Waals surface area contributed by atoms with Crippen LogP contribution in [-0.2, 0) is 25.6 Å². The summed E-state index contributed by atoms with van der Waals surface area (Å²) in [5.74, 6) is -3.07. The molecule has 11 heteroatoms. The van der Waals surface area contributed by atoms with E-state index < -0.39 is 41.8 Å². The molecule has 3 amide bonds. The molecule has 3 atom stereocenters. The van der Waals surface area contributed by atoms with E-state index >= 15 is 0 Å². The lowest BCUT2D eigenvalue weighted by molar-refractivity contribution is -0.141. The first-order chi connectivity index (χ1) is 14.8. The van der Waals surface area contributed by atoms with Crippen LogP contribution in [0.25, 0.3) is 0 Å². The number of amides is 3. The van der Waals surface area contributed by atoms with Gasteiger partial charge >= 0.3 is 5.97 Å². The van der Waals surface area contributed by atoms with Gasteiger partial charge < -0.3 is 32.5 Å². The molecule has 172 valence electrons. The fourth-order valence-electron chi connectivity index (χ4n) is 2.80. The first-order valence-corrected chi connectivity index (χ1v) is 10.6. The Hall–Kier alpha value is -2.63. The molecular formula is C20H31N5O5S. The number of carbonyl (C=O) groups is 4. The van der Waals surface area contributed by atoms with Crippen LogP contribution >= 0.6 is 12.6 Å². The molecule has 0 aliphatic heterocycles. The molecule has 31 heavy (non-hydrogen) atoms. The second-order valence-electron chi connectivity index (χ2n) is 6.94. The Bertz CT molecular complexity index is 734. The zero-order valence-corrected chi connectivity index (χ0v) is 18.1. The van der Waals surface area contributed by atoms with E-state index in [0.29, 0.717) is 25.8 Å². The van der Waals surface area contributed by atoms with Crippen molar-refractivity contribution in [2.45, 2.75) is 43.8 Å². The molecule has 0 saturated carbocycles. The maximum atomic E-state index is 12.9. The number of thiol groups is 1. The van der Waals surface area contributed by atoms with Gasteiger partial charge in [0, 0.05) is 12.2 Å². The molecule has 1 aromatic rings. The van der Waals surface area contributed by atoms with Gasteiger partial charge in [-0.1, -0.05) is 30.3 Å². The van der Waals surface area contributed by atoms with Crippen LogP contribution in [0, 0.1) is 0 Å². The van der Waals surface area contributed by atoms with Crippen LogP contribution < -0.4 is 27.4 Å². The second kappa shape index (κ2) is 14.4. The monoisotopic (exact) mass is 453 g/mol. The third-order valence-electron chi connectivity index (χ3n) is 4.50. The molecule has 1 rings (SSSR count). The zero-order valence-electron chi connectivity index (χ0n) is 17.3. The van der Waals surface area contributed by atoms with Crippen LogP contribution in [0.15, 0.2) is 30.3 Å². The number of carbonyl (C=O) groups excluding carboxylic acids is 3. The van der Waals surface area contributed by atoms with Crippen molar-refractivity contribution in [2.75, 3.05) is 18.8 Å². The van der Waals surface area contributed by atoms with Crippen molar-refractivity contribution in [3.8, 4) is 0 Å². The van der Waals surface area contributed by atoms with Gasteiger partial charge in [-0.2, -0.15) is 12.6 Å². The Morgan fingerprint density at radius 3 is 2.06 bits per heavy atom. The van der Waals surface area contributed by atoms with E-state index in [1.807, 2.05) is 6.07 Å². The van der Waals surface area contributed by atoms with Crippen molar-refractivity contribution >= 4 is 36.3 Å². The number of hydrogen-bond acceptors (Lipinski definition) is 7. The number of nitrogens with two attached hydrogens (primary N) is 2. The SMILES string of the molecule is NCCCCC(NC(=O)CN)C(=O)NC(Cc1ccccc1)C(=O)NC(CS)C(=O)O. The normalized spacial score (nSPS) is 13.5. The predicted molar refractivity (Wildman–Crippen MR) is 119 cm³/mol. The third kappa shape index (κ3) is 9.81. The van der Waals surface area contributed by atoms with Crippen molar-refractivity contribution in [3.63, 3.8) is 0 Å². The first-order valence-electron chi connectivity index (χ1n) is 10.00. The Morgan fingerprint density at radius 2 is 1.52 bits per heavy atom. The lowest BCUT2D eigenvalue weighted by Crippen LogP contribution is -2.57. The maximum Gasteiger partial charge on any atom is 0.327 e. The number of carboxylic acids is 1. The van der Waals surface area contributed by atoms with Gasteiger partial charge in [-0.3, -0.25) is 14.4 Å². The van der Waals surface area contributed by atoms with Crippen LogP contribution in [0.2, 0.25) is 0 Å². The van der Waals surface area contributed by atoms with Gasteiger partial charge in [0.2, 0.25) is 17.7 Å². The summed E-state index contributed by atoms with van der Waals surface area (Å²) < 4.78 is 0. The number of aliphatic carboxylic acids is 1. The lowest BCUT2D eigenvalue weighted by atomic mass is 10.0. The van der Waals surface area contributed by atoms with Gasteiger partial charge in [0.25, 0.3) is 0 Å². The van der Waals surface area contributed by atoms with E-state index in [2.05, 4.69) is 28.6 Å². The van der Waals surface area contributed by atoms with Crippen LogP contribution in [0.3, 0.4) is 0 Å². The highest BCUT2D eigenvalue weighted by Crippen LogP contribution is 2.07. The minimum atomic E-state index is -1.23. The summed E-state index contributed by atoms with van der Waals surface area (Å²) >= 11 is 3.94. The first kappa shape index (κ1) is 26.4. The summed E-state index contributed by atoms with van der Waals surface area (Å²) in [4.78, 5) is 48.6. The maximum absolute atomic E-state index is 12.9. The highest BCUT2D eigenvalue weighted by molar-refractivity contribution is 7.80. The number of hydrogen-bond donors (Lipinski definition) is 7. The standard InChI is InChI=1S/C20H31N5O5S/c21-9-5-4-8-14(23-17(26)11-22)18(27)24-15(10-13-6-2-1-3-7-13)19(28)25-16(12-31)20(29)30/h1-3,6-7,14-16,31H,4-5,8-12,21-22H2,(H,23,26)(H,24,27)(H,25,28)(H,29,30). The van der Waals surface area contributed by atoms with E-state index in [-0.39, 0.29) is 18.7 Å². The van der Waals surface area contributed by atoms with Gasteiger partial charge in [-0.05, 0) is 31.4 Å². The van der Waals surface area contributed by atoms with Gasteiger partial charge in [-0.15, -0.1) is 0 Å². The Morgan fingerprint density at radius 1 is 0.903 bits per heavy atom. The minimum Gasteiger partial charge on any atom is -0.480 e. The fourth-order valence-corrected chi connectivity index (χ4v) is 3.05. The molecule has 0 aromatic heterocycles. The van der Waals surface area contributed by atoms with Gasteiger partial charge in [0.15, 0.2) is 0 Å². The molecule has 0 heterocycles. The smallest absolute Gasteiger partial charge is 0.327 e. The number of carboxylic acid groups (broad SMARTS) is 1. The van der Waals surface area contributed by atoms with Crippen molar-refractivity contribution in [3.05, 3.63) is 35.9 Å². The predicted octanol–water partition coefficient (Wildman–Crippen LogP) is -1.21. The van der Waals surface area contributed by atoms with E-state index in [9.17, 15) is 24.3 Å². The molecule has 0 aliphatic carbocycles. The zero-order chi connectivity index (χ0) is 23.2. The van der Waals surface area contributed by atoms with Crippen molar-refractivity contribution in [1.29, 1.82) is 0 Å². The van der Waals surface area contributed by atoms with E-state index in [1.165, 1.54) is 0 Å². The summed E-state index contributed by atoms with van der Waals surface area (Å²) in [7, 11) is 0. The molecule has 0 aliphatic rings. The molecule has 0 radical (unpaired) electrons. The quantitative estimate of drug-likeness (QED) is 0.136. The Labute approximate surface area is 186 Å². The van der Waals surface area contributed by atoms with Crippen LogP contribution in [-0.4, -0.2) is 65.8 Å². The molecule has 10 nitrogen and oxygen atoms in total. The number of benzene rings is 1. The Kier molecular flexibility index (Phi) is 12.3. The topological polar surface area (TPSA) is 177 Å². The number of unbranched alkanes of at least 4 members (excludes halogenated alkanes) is 1. The largest absolute Gasteiger partial charge is 0.480 e. The highest BCUT2D eigenvalue weighted by atomic mass is 32.1. The van der Waals surface area contributed by atoms with Crippen LogP contribution in [0.1, 0.15) is 24.8 Å². The van der Waals surface area contributed by atoms with Gasteiger partial charge in [0.05, 0.1) is 6.54 Å². The second-order valence-corrected chi connectivity index (χ2v) is 7.31. The number of rotatable bonds is 14. The van der Waals surface area contributed by atoms with Gasteiger partial charge in [-0.25, -0.2) is 4.79 Å². The van der Waals surface area contributed by atoms with Gasteiger partial charge in [0.1, 0.15) is 18.1 Å². The summed E-state index contributed by atoms with van der Waals surface area (Å²) in [6, 6.07) is 5.81. The molecule has 8 N–H and O–H groups in total. The van der Waals surface area contributed by atoms with E-state index in [0.717, 1.165) is 5.56 Å². The average molecular weight is 454 g/mol. The average Bonchev–Trinajstić information content (AvgIpc) is 2.76. The lowest BCUT2D eigenvalue weighted by Gasteiger charge is -2.24. The highest BCUT2D eigenvalue weighted by Gasteiger charge is 2.29. The molecule has 0 saturated heterocycles. The molecule has 3 unspecified atom stereocenters. The molecule has 0 bridgehead atoms. The third-order valence-corrected chi connectivity index (χ3v) is 4.86. The van der Waals surface area contributed by atoms with Crippen LogP contribution in [0.4, 0.5) is 0 Å². The van der Waals surface area contributed by atoms with Crippen LogP contribution in [0.5, 0.6) is 0 Å². The molecule has 0 spiro atoms. The van der Waals surface area contributed by atoms with E-state index in [4.69, 9.17) is 11.5 Å². The fraction of sp³-hybridized carbons (Fsp3) is 0.500. The summed E-state index contributed by atoms with van der Waals surface area (Å²) in [6.07, 6.45) is 1.72. The Balaban J connectivity index is 3.00. The van der Waals surface area contributed by atoms with E-state index in [1.54, 1.807) is 24.3 Å². The van der Waals surface area contributed by atoms with Crippen molar-refractivity contribution in [1.82, 2.24) is 16.0 Å². The molecular weight excluding hydrogens is 422 g/mol. The van der Waals surface area contributed by atoms with Crippen molar-refractivity contribution < 1.29 is 24.3 Å². The summed E-state index contributed by atoms with van der Waals surface area (Å²) in [6.45, 7) is 0.162. The minimum absolute atomic E-state index is 0.110. The molecule has 0 fully saturated rings. The number of nitrogens with one attached hydrogen (secondary N) is 3. The van der Waals surface area contributed by atoms with Crippen molar-refractivity contribution in [2.24, 2.45) is 11.5 Å². The summed E-state index contributed by atoms with van der Waals surface area (Å²) in [5, 5.41) is 16.8.